The molecule has 0 aromatic rings. The van der Waals surface area contributed by atoms with Gasteiger partial charge in [-0.15, -0.1) is 0 Å². The zero-order valence-electron chi connectivity index (χ0n) is 8.56. The summed E-state index contributed by atoms with van der Waals surface area (Å²) in [4.78, 5) is 0. The van der Waals surface area contributed by atoms with E-state index >= 15 is 0 Å². The summed E-state index contributed by atoms with van der Waals surface area (Å²) in [5.41, 5.74) is 0. The average molecular weight is 231 g/mol. The molecule has 2 unspecified atom stereocenters. The molecular formula is C10H22Y-4. The molecule has 0 amide bonds. The Hall–Kier alpha value is 1.10. The number of hydrogen-bond acceptors (Lipinski definition) is 0. The topological polar surface area (TPSA) is 0 Å². The van der Waals surface area contributed by atoms with Gasteiger partial charge in [0.15, 0.2) is 0 Å². The van der Waals surface area contributed by atoms with Crippen LogP contribution < -0.4 is 0 Å². The molecule has 11 heavy (non-hydrogen) atoms. The second-order valence-corrected chi connectivity index (χ2v) is 2.34. The Kier molecular flexibility index (Phi) is 28.3. The first-order valence-electron chi connectivity index (χ1n) is 3.38. The van der Waals surface area contributed by atoms with Crippen molar-refractivity contribution in [2.45, 2.75) is 26.7 Å². The third kappa shape index (κ3) is 11.1. The summed E-state index contributed by atoms with van der Waals surface area (Å²) in [6.45, 7) is 12.2. The van der Waals surface area contributed by atoms with Gasteiger partial charge in [0.2, 0.25) is 0 Å². The van der Waals surface area contributed by atoms with Crippen LogP contribution in [0.1, 0.15) is 26.7 Å². The maximum atomic E-state index is 3.96. The summed E-state index contributed by atoms with van der Waals surface area (Å²) in [5.74, 6) is 1.11. The van der Waals surface area contributed by atoms with Gasteiger partial charge >= 0.3 is 0 Å². The Balaban J connectivity index is -0.0000000817. The monoisotopic (exact) mass is 231 g/mol. The van der Waals surface area contributed by atoms with E-state index in [0.29, 0.717) is 11.8 Å². The summed E-state index contributed by atoms with van der Waals surface area (Å²) in [6, 6.07) is 0. The van der Waals surface area contributed by atoms with Crippen molar-refractivity contribution in [2.24, 2.45) is 11.8 Å². The van der Waals surface area contributed by atoms with E-state index in [0.717, 1.165) is 12.8 Å². The van der Waals surface area contributed by atoms with Crippen molar-refractivity contribution < 1.29 is 32.7 Å². The van der Waals surface area contributed by atoms with Crippen molar-refractivity contribution >= 4 is 0 Å². The molecular weight excluding hydrogens is 209 g/mol. The van der Waals surface area contributed by atoms with Crippen LogP contribution in [0.25, 0.3) is 0 Å². The fourth-order valence-electron chi connectivity index (χ4n) is 0.667. The van der Waals surface area contributed by atoms with Gasteiger partial charge in [0.05, 0.1) is 0 Å². The first-order valence-corrected chi connectivity index (χ1v) is 3.38. The van der Waals surface area contributed by atoms with Crippen molar-refractivity contribution in [2.75, 3.05) is 0 Å². The van der Waals surface area contributed by atoms with Crippen LogP contribution in [-0.4, -0.2) is 0 Å². The molecule has 0 heterocycles. The zero-order valence-corrected chi connectivity index (χ0v) is 11.4. The van der Waals surface area contributed by atoms with Crippen LogP contribution in [-0.2, 0) is 32.7 Å². The molecule has 0 saturated carbocycles. The van der Waals surface area contributed by atoms with Gasteiger partial charge in [-0.25, -0.2) is 0 Å². The molecule has 1 heteroatoms. The molecule has 0 aromatic carbocycles. The second kappa shape index (κ2) is 13.7. The van der Waals surface area contributed by atoms with Crippen LogP contribution in [0.2, 0.25) is 0 Å². The van der Waals surface area contributed by atoms with E-state index in [9.17, 15) is 0 Å². The van der Waals surface area contributed by atoms with Gasteiger partial charge in [-0.05, 0) is 0 Å². The quantitative estimate of drug-likeness (QED) is 0.651. The Labute approximate surface area is 99.4 Å². The molecule has 0 nitrogen and oxygen atoms in total. The van der Waals surface area contributed by atoms with Gasteiger partial charge in [0, 0.05) is 32.7 Å². The van der Waals surface area contributed by atoms with Gasteiger partial charge in [-0.3, -0.25) is 0 Å². The standard InChI is InChI=1S/C8H16.2CH3.Y/c1-5-7(3)8(4)6-2;;;/h7-8H,3-6H2,1-2H3;2*1H3;/q-2;2*-1;. The van der Waals surface area contributed by atoms with E-state index in [1.807, 2.05) is 0 Å². The molecule has 0 saturated heterocycles. The fourth-order valence-corrected chi connectivity index (χ4v) is 0.667. The molecule has 1 radical (unpaired) electrons. The van der Waals surface area contributed by atoms with Gasteiger partial charge < -0.3 is 28.7 Å². The van der Waals surface area contributed by atoms with Crippen LogP contribution >= 0.6 is 0 Å². The maximum absolute atomic E-state index is 3.96. The smallest absolute Gasteiger partial charge is 0 e. The molecule has 0 spiro atoms. The Morgan fingerprint density at radius 3 is 1.18 bits per heavy atom. The molecule has 0 fully saturated rings. The summed E-state index contributed by atoms with van der Waals surface area (Å²) < 4.78 is 0. The maximum Gasteiger partial charge on any atom is 0 e. The van der Waals surface area contributed by atoms with Gasteiger partial charge in [-0.1, -0.05) is 26.7 Å². The van der Waals surface area contributed by atoms with Crippen LogP contribution in [0.15, 0.2) is 0 Å². The zero-order chi connectivity index (χ0) is 6.57. The Bertz CT molecular complexity index is 44.8. The van der Waals surface area contributed by atoms with Crippen LogP contribution in [0.4, 0.5) is 0 Å². The first kappa shape index (κ1) is 22.7. The van der Waals surface area contributed by atoms with E-state index in [-0.39, 0.29) is 47.6 Å². The third-order valence-corrected chi connectivity index (χ3v) is 1.72. The summed E-state index contributed by atoms with van der Waals surface area (Å²) in [5, 5.41) is 0. The predicted molar refractivity (Wildman–Crippen MR) is 51.1 cm³/mol. The van der Waals surface area contributed by atoms with Crippen LogP contribution in [0.3, 0.4) is 0 Å². The SMILES string of the molecule is [CH2-]C(CC)C([CH2-])CC.[CH3-].[CH3-].[Y]. The number of rotatable bonds is 3. The Morgan fingerprint density at radius 2 is 1.09 bits per heavy atom. The van der Waals surface area contributed by atoms with Crippen molar-refractivity contribution in [3.63, 3.8) is 0 Å². The van der Waals surface area contributed by atoms with Gasteiger partial charge in [0.25, 0.3) is 0 Å². The molecule has 0 aliphatic carbocycles. The average Bonchev–Trinajstić information content (AvgIpc) is 1.84. The van der Waals surface area contributed by atoms with E-state index in [4.69, 9.17) is 0 Å². The summed E-state index contributed by atoms with van der Waals surface area (Å²) >= 11 is 0. The van der Waals surface area contributed by atoms with Crippen molar-refractivity contribution in [1.82, 2.24) is 0 Å². The number of hydrogen-bond donors (Lipinski definition) is 0. The van der Waals surface area contributed by atoms with E-state index in [1.165, 1.54) is 0 Å². The molecule has 2 atom stereocenters. The first-order chi connectivity index (χ1) is 3.72. The molecule has 0 aliphatic rings. The molecule has 69 valence electrons. The summed E-state index contributed by atoms with van der Waals surface area (Å²) in [7, 11) is 0. The third-order valence-electron chi connectivity index (χ3n) is 1.72. The van der Waals surface area contributed by atoms with E-state index < -0.39 is 0 Å². The van der Waals surface area contributed by atoms with Crippen molar-refractivity contribution in [3.8, 4) is 0 Å². The minimum atomic E-state index is 0. The minimum absolute atomic E-state index is 0. The minimum Gasteiger partial charge on any atom is -0.358 e. The normalized spacial score (nSPS) is 13.1. The summed E-state index contributed by atoms with van der Waals surface area (Å²) in [6.07, 6.45) is 2.31. The predicted octanol–water partition coefficient (Wildman–Crippen LogP) is 3.61. The van der Waals surface area contributed by atoms with Gasteiger partial charge in [-0.2, -0.15) is 11.8 Å². The van der Waals surface area contributed by atoms with Crippen LogP contribution in [0, 0.1) is 40.5 Å². The van der Waals surface area contributed by atoms with Crippen molar-refractivity contribution in [3.05, 3.63) is 28.7 Å². The largest absolute Gasteiger partial charge is 0.358 e. The van der Waals surface area contributed by atoms with Crippen molar-refractivity contribution in [1.29, 1.82) is 0 Å². The molecule has 0 aromatic heterocycles. The van der Waals surface area contributed by atoms with E-state index in [1.54, 1.807) is 0 Å². The Morgan fingerprint density at radius 1 is 0.909 bits per heavy atom. The molecule has 0 rings (SSSR count). The van der Waals surface area contributed by atoms with Crippen LogP contribution in [0.5, 0.6) is 0 Å². The molecule has 0 aliphatic heterocycles. The second-order valence-electron chi connectivity index (χ2n) is 2.34. The van der Waals surface area contributed by atoms with E-state index in [2.05, 4.69) is 27.7 Å². The van der Waals surface area contributed by atoms with Gasteiger partial charge in [0.1, 0.15) is 0 Å². The molecule has 0 N–H and O–H groups in total. The molecule has 0 bridgehead atoms. The fraction of sp³-hybridized carbons (Fsp3) is 0.600.